The molecule has 3 heterocycles. The highest BCUT2D eigenvalue weighted by atomic mass is 32.1. The van der Waals surface area contributed by atoms with Crippen molar-refractivity contribution in [2.45, 2.75) is 31.8 Å². The maximum Gasteiger partial charge on any atom is 0.239 e. The first-order chi connectivity index (χ1) is 9.83. The summed E-state index contributed by atoms with van der Waals surface area (Å²) in [5, 5.41) is 5.49. The first kappa shape index (κ1) is 14.0. The molecular weight excluding hydrogens is 270 g/mol. The number of amides is 1. The highest BCUT2D eigenvalue weighted by molar-refractivity contribution is 7.09. The summed E-state index contributed by atoms with van der Waals surface area (Å²) in [4.78, 5) is 18.3. The van der Waals surface area contributed by atoms with Gasteiger partial charge in [0.1, 0.15) is 0 Å². The summed E-state index contributed by atoms with van der Waals surface area (Å²) in [6, 6.07) is 4.37. The number of nitrogens with zero attached hydrogens (tertiary/aromatic N) is 2. The van der Waals surface area contributed by atoms with E-state index >= 15 is 0 Å². The molecule has 1 aromatic rings. The molecule has 2 fully saturated rings. The minimum atomic E-state index is 0.0765. The summed E-state index contributed by atoms with van der Waals surface area (Å²) < 4.78 is 0. The normalized spacial score (nSPS) is 24.8. The van der Waals surface area contributed by atoms with Gasteiger partial charge in [0, 0.05) is 37.6 Å². The Labute approximate surface area is 124 Å². The van der Waals surface area contributed by atoms with Gasteiger partial charge in [-0.1, -0.05) is 12.5 Å². The Hall–Kier alpha value is -0.910. The Balaban J connectivity index is 1.46. The van der Waals surface area contributed by atoms with Crippen molar-refractivity contribution in [2.24, 2.45) is 0 Å². The van der Waals surface area contributed by atoms with E-state index in [0.29, 0.717) is 5.91 Å². The zero-order chi connectivity index (χ0) is 13.8. The van der Waals surface area contributed by atoms with Crippen LogP contribution in [0.1, 0.15) is 24.1 Å². The third-order valence-corrected chi connectivity index (χ3v) is 5.11. The molecule has 1 aromatic heterocycles. The van der Waals surface area contributed by atoms with Crippen molar-refractivity contribution in [3.8, 4) is 0 Å². The van der Waals surface area contributed by atoms with Crippen LogP contribution in [-0.4, -0.2) is 54.5 Å². The molecule has 2 aliphatic heterocycles. The summed E-state index contributed by atoms with van der Waals surface area (Å²) in [6.07, 6.45) is 3.40. The largest absolute Gasteiger partial charge is 0.339 e. The summed E-state index contributed by atoms with van der Waals surface area (Å²) in [7, 11) is 0. The minimum absolute atomic E-state index is 0.0765. The maximum atomic E-state index is 12.4. The van der Waals surface area contributed by atoms with Crippen molar-refractivity contribution in [1.29, 1.82) is 0 Å². The van der Waals surface area contributed by atoms with Crippen LogP contribution >= 0.6 is 11.3 Å². The van der Waals surface area contributed by atoms with E-state index in [1.807, 2.05) is 16.2 Å². The van der Waals surface area contributed by atoms with Gasteiger partial charge in [0.05, 0.1) is 6.04 Å². The van der Waals surface area contributed by atoms with Crippen molar-refractivity contribution in [2.75, 3.05) is 32.7 Å². The van der Waals surface area contributed by atoms with E-state index in [1.165, 1.54) is 17.7 Å². The lowest BCUT2D eigenvalue weighted by molar-refractivity contribution is -0.135. The monoisotopic (exact) mass is 293 g/mol. The maximum absolute atomic E-state index is 12.4. The van der Waals surface area contributed by atoms with Crippen LogP contribution in [0, 0.1) is 0 Å². The molecule has 0 aliphatic carbocycles. The molecule has 0 saturated carbocycles. The zero-order valence-corrected chi connectivity index (χ0v) is 12.7. The van der Waals surface area contributed by atoms with Crippen LogP contribution in [0.15, 0.2) is 17.5 Å². The molecule has 1 amide bonds. The van der Waals surface area contributed by atoms with Crippen molar-refractivity contribution >= 4 is 17.2 Å². The Bertz CT molecular complexity index is 420. The van der Waals surface area contributed by atoms with Gasteiger partial charge in [-0.15, -0.1) is 11.3 Å². The lowest BCUT2D eigenvalue weighted by Crippen LogP contribution is -2.54. The van der Waals surface area contributed by atoms with Crippen molar-refractivity contribution in [3.05, 3.63) is 22.4 Å². The molecule has 0 radical (unpaired) electrons. The van der Waals surface area contributed by atoms with Gasteiger partial charge in [-0.2, -0.15) is 0 Å². The highest BCUT2D eigenvalue weighted by Gasteiger charge is 2.28. The molecule has 110 valence electrons. The summed E-state index contributed by atoms with van der Waals surface area (Å²) in [5.41, 5.74) is 0. The van der Waals surface area contributed by atoms with E-state index in [2.05, 4.69) is 27.7 Å². The van der Waals surface area contributed by atoms with Crippen LogP contribution in [0.3, 0.4) is 0 Å². The van der Waals surface area contributed by atoms with Crippen LogP contribution in [0.5, 0.6) is 0 Å². The predicted molar refractivity (Wildman–Crippen MR) is 81.8 cm³/mol. The van der Waals surface area contributed by atoms with E-state index in [1.54, 1.807) is 0 Å². The van der Waals surface area contributed by atoms with Gasteiger partial charge in [-0.3, -0.25) is 9.69 Å². The predicted octanol–water partition coefficient (Wildman–Crippen LogP) is 1.53. The molecule has 2 saturated heterocycles. The second-order valence-corrected chi connectivity index (χ2v) is 6.72. The van der Waals surface area contributed by atoms with Gasteiger partial charge in [0.15, 0.2) is 0 Å². The van der Waals surface area contributed by atoms with E-state index in [-0.39, 0.29) is 6.04 Å². The second-order valence-electron chi connectivity index (χ2n) is 5.68. The van der Waals surface area contributed by atoms with Gasteiger partial charge < -0.3 is 10.2 Å². The van der Waals surface area contributed by atoms with Crippen LogP contribution < -0.4 is 5.32 Å². The molecule has 2 aliphatic rings. The number of piperidine rings is 1. The topological polar surface area (TPSA) is 35.6 Å². The molecular formula is C15H23N3OS. The van der Waals surface area contributed by atoms with Gasteiger partial charge in [-0.05, 0) is 30.8 Å². The first-order valence-electron chi connectivity index (χ1n) is 7.60. The quantitative estimate of drug-likeness (QED) is 0.918. The Morgan fingerprint density at radius 1 is 1.30 bits per heavy atom. The standard InChI is InChI=1S/C15H23N3OS/c19-15(14-5-1-2-6-16-14)18-9-7-17(8-10-18)12-13-4-3-11-20-13/h3-4,11,14,16H,1-2,5-10,12H2. The summed E-state index contributed by atoms with van der Waals surface area (Å²) in [6.45, 7) is 5.77. The highest BCUT2D eigenvalue weighted by Crippen LogP contribution is 2.15. The fraction of sp³-hybridized carbons (Fsp3) is 0.667. The number of hydrogen-bond acceptors (Lipinski definition) is 4. The first-order valence-corrected chi connectivity index (χ1v) is 8.48. The van der Waals surface area contributed by atoms with Crippen molar-refractivity contribution in [3.63, 3.8) is 0 Å². The zero-order valence-electron chi connectivity index (χ0n) is 11.9. The molecule has 1 atom stereocenters. The van der Waals surface area contributed by atoms with Crippen LogP contribution in [-0.2, 0) is 11.3 Å². The third-order valence-electron chi connectivity index (χ3n) is 4.25. The van der Waals surface area contributed by atoms with Gasteiger partial charge in [0.25, 0.3) is 0 Å². The average Bonchev–Trinajstić information content (AvgIpc) is 3.01. The van der Waals surface area contributed by atoms with Crippen molar-refractivity contribution < 1.29 is 4.79 Å². The smallest absolute Gasteiger partial charge is 0.239 e. The molecule has 3 rings (SSSR count). The van der Waals surface area contributed by atoms with Crippen LogP contribution in [0.2, 0.25) is 0 Å². The SMILES string of the molecule is O=C(C1CCCCN1)N1CCN(Cc2cccs2)CC1. The number of thiophene rings is 1. The van der Waals surface area contributed by atoms with Gasteiger partial charge in [-0.25, -0.2) is 0 Å². The van der Waals surface area contributed by atoms with E-state index in [0.717, 1.165) is 45.7 Å². The van der Waals surface area contributed by atoms with E-state index in [4.69, 9.17) is 0 Å². The number of hydrogen-bond donors (Lipinski definition) is 1. The summed E-state index contributed by atoms with van der Waals surface area (Å²) >= 11 is 1.81. The molecule has 1 unspecified atom stereocenters. The van der Waals surface area contributed by atoms with Gasteiger partial charge >= 0.3 is 0 Å². The van der Waals surface area contributed by atoms with Gasteiger partial charge in [0.2, 0.25) is 5.91 Å². The number of rotatable bonds is 3. The average molecular weight is 293 g/mol. The minimum Gasteiger partial charge on any atom is -0.339 e. The molecule has 4 nitrogen and oxygen atoms in total. The summed E-state index contributed by atoms with van der Waals surface area (Å²) in [5.74, 6) is 0.320. The number of nitrogens with one attached hydrogen (secondary N) is 1. The van der Waals surface area contributed by atoms with Crippen molar-refractivity contribution in [1.82, 2.24) is 15.1 Å². The van der Waals surface area contributed by atoms with E-state index in [9.17, 15) is 4.79 Å². The molecule has 0 spiro atoms. The van der Waals surface area contributed by atoms with E-state index < -0.39 is 0 Å². The second kappa shape index (κ2) is 6.70. The molecule has 1 N–H and O–H groups in total. The Morgan fingerprint density at radius 3 is 2.80 bits per heavy atom. The van der Waals surface area contributed by atoms with Crippen LogP contribution in [0.4, 0.5) is 0 Å². The van der Waals surface area contributed by atoms with Crippen LogP contribution in [0.25, 0.3) is 0 Å². The fourth-order valence-electron chi connectivity index (χ4n) is 3.03. The lowest BCUT2D eigenvalue weighted by atomic mass is 10.0. The number of carbonyl (C=O) groups excluding carboxylic acids is 1. The third kappa shape index (κ3) is 3.40. The molecule has 20 heavy (non-hydrogen) atoms. The Kier molecular flexibility index (Phi) is 4.70. The number of piperazine rings is 1. The molecule has 0 aromatic carbocycles. The molecule has 5 heteroatoms. The lowest BCUT2D eigenvalue weighted by Gasteiger charge is -2.37. The fourth-order valence-corrected chi connectivity index (χ4v) is 3.78. The molecule has 0 bridgehead atoms. The Morgan fingerprint density at radius 2 is 2.15 bits per heavy atom. The number of carbonyl (C=O) groups is 1.